The number of rotatable bonds is 10. The van der Waals surface area contributed by atoms with Crippen molar-refractivity contribution in [2.45, 2.75) is 19.8 Å². The van der Waals surface area contributed by atoms with E-state index in [0.29, 0.717) is 0 Å². The summed E-state index contributed by atoms with van der Waals surface area (Å²) in [5.41, 5.74) is 1.14. The largest absolute Gasteiger partial charge is 0.383 e. The first-order chi connectivity index (χ1) is 10.7. The number of nitrogens with one attached hydrogen (secondary N) is 2. The molecule has 0 spiro atoms. The van der Waals surface area contributed by atoms with Gasteiger partial charge in [0.25, 0.3) is 0 Å². The zero-order valence-electron chi connectivity index (χ0n) is 14.6. The van der Waals surface area contributed by atoms with Gasteiger partial charge in [-0.25, -0.2) is 4.98 Å². The standard InChI is InChI=1S/C15H29N5OS.HI/c1-13-19-14(12-22-13)6-8-18-15(16-2)17-7-5-9-20(3)10-11-21-4;/h12H,5-11H2,1-4H3,(H2,16,17,18);1H. The Balaban J connectivity index is 0.00000484. The number of nitrogens with zero attached hydrogens (tertiary/aromatic N) is 3. The van der Waals surface area contributed by atoms with E-state index >= 15 is 0 Å². The van der Waals surface area contributed by atoms with Crippen LogP contribution in [0, 0.1) is 6.92 Å². The molecule has 0 saturated heterocycles. The van der Waals surface area contributed by atoms with Gasteiger partial charge in [-0.15, -0.1) is 35.3 Å². The second kappa shape index (κ2) is 13.9. The van der Waals surface area contributed by atoms with Crippen molar-refractivity contribution in [1.82, 2.24) is 20.5 Å². The van der Waals surface area contributed by atoms with Crippen LogP contribution in [-0.4, -0.2) is 69.8 Å². The molecule has 0 aliphatic rings. The van der Waals surface area contributed by atoms with E-state index in [4.69, 9.17) is 4.74 Å². The summed E-state index contributed by atoms with van der Waals surface area (Å²) in [6, 6.07) is 0. The zero-order valence-corrected chi connectivity index (χ0v) is 17.7. The van der Waals surface area contributed by atoms with Crippen molar-refractivity contribution in [2.75, 3.05) is 54.0 Å². The van der Waals surface area contributed by atoms with Gasteiger partial charge in [-0.1, -0.05) is 0 Å². The third-order valence-electron chi connectivity index (χ3n) is 3.25. The number of aryl methyl sites for hydroxylation is 1. The van der Waals surface area contributed by atoms with E-state index in [9.17, 15) is 0 Å². The highest BCUT2D eigenvalue weighted by molar-refractivity contribution is 14.0. The Bertz CT molecular complexity index is 441. The molecule has 0 unspecified atom stereocenters. The van der Waals surface area contributed by atoms with E-state index < -0.39 is 0 Å². The third-order valence-corrected chi connectivity index (χ3v) is 4.07. The first kappa shape index (κ1) is 22.6. The normalized spacial score (nSPS) is 11.4. The summed E-state index contributed by atoms with van der Waals surface area (Å²) in [6.45, 7) is 6.58. The van der Waals surface area contributed by atoms with Crippen LogP contribution < -0.4 is 10.6 Å². The summed E-state index contributed by atoms with van der Waals surface area (Å²) in [7, 11) is 5.65. The quantitative estimate of drug-likeness (QED) is 0.244. The predicted octanol–water partition coefficient (Wildman–Crippen LogP) is 1.75. The fraction of sp³-hybridized carbons (Fsp3) is 0.733. The molecular weight excluding hydrogens is 425 g/mol. The van der Waals surface area contributed by atoms with Crippen LogP contribution >= 0.6 is 35.3 Å². The molecule has 1 heterocycles. The SMILES string of the molecule is CN=C(NCCCN(C)CCOC)NCCc1csc(C)n1.I. The molecule has 0 fully saturated rings. The fourth-order valence-electron chi connectivity index (χ4n) is 1.97. The van der Waals surface area contributed by atoms with Crippen LogP contribution in [0.2, 0.25) is 0 Å². The van der Waals surface area contributed by atoms with E-state index in [0.717, 1.165) is 62.3 Å². The molecule has 0 aliphatic carbocycles. The Morgan fingerprint density at radius 1 is 1.35 bits per heavy atom. The molecule has 6 nitrogen and oxygen atoms in total. The van der Waals surface area contributed by atoms with Crippen LogP contribution in [0.5, 0.6) is 0 Å². The number of methoxy groups -OCH3 is 1. The van der Waals surface area contributed by atoms with Crippen molar-refractivity contribution in [2.24, 2.45) is 4.99 Å². The van der Waals surface area contributed by atoms with Gasteiger partial charge in [0.05, 0.1) is 17.3 Å². The van der Waals surface area contributed by atoms with Crippen molar-refractivity contribution in [3.63, 3.8) is 0 Å². The monoisotopic (exact) mass is 455 g/mol. The lowest BCUT2D eigenvalue weighted by molar-refractivity contribution is 0.161. The van der Waals surface area contributed by atoms with Gasteiger partial charge in [-0.05, 0) is 26.9 Å². The summed E-state index contributed by atoms with van der Waals surface area (Å²) in [5.74, 6) is 0.853. The topological polar surface area (TPSA) is 61.8 Å². The second-order valence-electron chi connectivity index (χ2n) is 5.18. The van der Waals surface area contributed by atoms with Gasteiger partial charge >= 0.3 is 0 Å². The second-order valence-corrected chi connectivity index (χ2v) is 6.25. The molecule has 0 atom stereocenters. The Labute approximate surface area is 161 Å². The maximum absolute atomic E-state index is 5.07. The maximum atomic E-state index is 5.07. The smallest absolute Gasteiger partial charge is 0.190 e. The fourth-order valence-corrected chi connectivity index (χ4v) is 2.61. The van der Waals surface area contributed by atoms with Crippen LogP contribution in [0.1, 0.15) is 17.1 Å². The summed E-state index contributed by atoms with van der Waals surface area (Å²) < 4.78 is 5.07. The van der Waals surface area contributed by atoms with Crippen LogP contribution in [0.4, 0.5) is 0 Å². The number of ether oxygens (including phenoxy) is 1. The molecule has 0 aromatic carbocycles. The number of halogens is 1. The van der Waals surface area contributed by atoms with E-state index in [1.54, 1.807) is 25.5 Å². The van der Waals surface area contributed by atoms with Gasteiger partial charge in [-0.2, -0.15) is 0 Å². The first-order valence-electron chi connectivity index (χ1n) is 7.68. The lowest BCUT2D eigenvalue weighted by Crippen LogP contribution is -2.39. The number of hydrogen-bond donors (Lipinski definition) is 2. The van der Waals surface area contributed by atoms with Gasteiger partial charge in [0.1, 0.15) is 0 Å². The molecule has 1 rings (SSSR count). The van der Waals surface area contributed by atoms with Crippen molar-refractivity contribution < 1.29 is 4.74 Å². The Morgan fingerprint density at radius 3 is 2.70 bits per heavy atom. The van der Waals surface area contributed by atoms with Crippen LogP contribution in [0.25, 0.3) is 0 Å². The highest BCUT2D eigenvalue weighted by Crippen LogP contribution is 2.07. The Hall–Kier alpha value is -0.450. The van der Waals surface area contributed by atoms with Crippen LogP contribution in [0.3, 0.4) is 0 Å². The summed E-state index contributed by atoms with van der Waals surface area (Å²) in [6.07, 6.45) is 2.00. The molecule has 2 N–H and O–H groups in total. The minimum absolute atomic E-state index is 0. The number of aliphatic imine (C=N–C) groups is 1. The molecule has 0 aliphatic heterocycles. The average molecular weight is 455 g/mol. The molecule has 1 aromatic heterocycles. The van der Waals surface area contributed by atoms with Crippen LogP contribution in [0.15, 0.2) is 10.4 Å². The third kappa shape index (κ3) is 10.9. The van der Waals surface area contributed by atoms with Crippen molar-refractivity contribution >= 4 is 41.3 Å². The molecule has 0 amide bonds. The van der Waals surface area contributed by atoms with E-state index in [1.807, 2.05) is 6.92 Å². The first-order valence-corrected chi connectivity index (χ1v) is 8.56. The van der Waals surface area contributed by atoms with Crippen molar-refractivity contribution in [3.05, 3.63) is 16.1 Å². The predicted molar refractivity (Wildman–Crippen MR) is 109 cm³/mol. The molecule has 134 valence electrons. The summed E-state index contributed by atoms with van der Waals surface area (Å²) in [4.78, 5) is 11.0. The highest BCUT2D eigenvalue weighted by atomic mass is 127. The molecule has 8 heteroatoms. The highest BCUT2D eigenvalue weighted by Gasteiger charge is 2.01. The van der Waals surface area contributed by atoms with Gasteiger partial charge in [0.2, 0.25) is 0 Å². The maximum Gasteiger partial charge on any atom is 0.190 e. The minimum Gasteiger partial charge on any atom is -0.383 e. The van der Waals surface area contributed by atoms with Crippen molar-refractivity contribution in [1.29, 1.82) is 0 Å². The molecule has 23 heavy (non-hydrogen) atoms. The van der Waals surface area contributed by atoms with Gasteiger partial charge in [0, 0.05) is 45.6 Å². The van der Waals surface area contributed by atoms with E-state index in [2.05, 4.69) is 37.9 Å². The van der Waals surface area contributed by atoms with Gasteiger partial charge < -0.3 is 20.3 Å². The summed E-state index contributed by atoms with van der Waals surface area (Å²) in [5, 5.41) is 9.89. The van der Waals surface area contributed by atoms with Gasteiger partial charge in [0.15, 0.2) is 5.96 Å². The number of hydrogen-bond acceptors (Lipinski definition) is 5. The van der Waals surface area contributed by atoms with E-state index in [1.165, 1.54) is 0 Å². The molecule has 1 aromatic rings. The number of guanidine groups is 1. The average Bonchev–Trinajstić information content (AvgIpc) is 2.93. The Morgan fingerprint density at radius 2 is 2.09 bits per heavy atom. The molecule has 0 bridgehead atoms. The van der Waals surface area contributed by atoms with Crippen molar-refractivity contribution in [3.8, 4) is 0 Å². The lowest BCUT2D eigenvalue weighted by atomic mass is 10.3. The number of likely N-dealkylation sites (N-methyl/N-ethyl adjacent to an activating group) is 1. The number of aromatic nitrogens is 1. The lowest BCUT2D eigenvalue weighted by Gasteiger charge is -2.16. The van der Waals surface area contributed by atoms with Crippen LogP contribution in [-0.2, 0) is 11.2 Å². The minimum atomic E-state index is 0. The van der Waals surface area contributed by atoms with Gasteiger partial charge in [-0.3, -0.25) is 4.99 Å². The zero-order chi connectivity index (χ0) is 16.2. The molecule has 0 radical (unpaired) electrons. The summed E-state index contributed by atoms with van der Waals surface area (Å²) >= 11 is 1.70. The Kier molecular flexibility index (Phi) is 13.7. The van der Waals surface area contributed by atoms with E-state index in [-0.39, 0.29) is 24.0 Å². The number of thiazole rings is 1. The molecule has 0 saturated carbocycles. The molecular formula is C15H30IN5OS.